The molecular formula is C23H24N6. The van der Waals surface area contributed by atoms with E-state index in [2.05, 4.69) is 20.9 Å². The molecule has 0 amide bonds. The van der Waals surface area contributed by atoms with Crippen LogP contribution >= 0.6 is 0 Å². The fourth-order valence-corrected chi connectivity index (χ4v) is 4.07. The first kappa shape index (κ1) is 17.8. The lowest BCUT2D eigenvalue weighted by molar-refractivity contribution is 0.358. The van der Waals surface area contributed by atoms with Gasteiger partial charge in [-0.2, -0.15) is 0 Å². The Morgan fingerprint density at radius 2 is 1.83 bits per heavy atom. The largest absolute Gasteiger partial charge is 0.364 e. The Morgan fingerprint density at radius 1 is 0.966 bits per heavy atom. The van der Waals surface area contributed by atoms with Gasteiger partial charge in [-0.3, -0.25) is 4.98 Å². The summed E-state index contributed by atoms with van der Waals surface area (Å²) in [6.45, 7) is 0.643. The van der Waals surface area contributed by atoms with Gasteiger partial charge in [-0.05, 0) is 24.5 Å². The summed E-state index contributed by atoms with van der Waals surface area (Å²) in [6, 6.07) is 14.6. The first-order chi connectivity index (χ1) is 14.4. The summed E-state index contributed by atoms with van der Waals surface area (Å²) >= 11 is 0. The van der Waals surface area contributed by atoms with Gasteiger partial charge in [0.2, 0.25) is 0 Å². The van der Waals surface area contributed by atoms with Crippen LogP contribution in [0.25, 0.3) is 22.6 Å². The third-order valence-electron chi connectivity index (χ3n) is 5.60. The number of nitrogens with one attached hydrogen (secondary N) is 1. The van der Waals surface area contributed by atoms with Gasteiger partial charge in [0.1, 0.15) is 5.52 Å². The molecule has 0 bridgehead atoms. The molecule has 0 spiro atoms. The summed E-state index contributed by atoms with van der Waals surface area (Å²) in [7, 11) is 0. The fraction of sp³-hybridized carbons (Fsp3) is 0.304. The molecule has 1 N–H and O–H groups in total. The Kier molecular flexibility index (Phi) is 4.90. The van der Waals surface area contributed by atoms with E-state index in [1.54, 1.807) is 6.20 Å². The minimum Gasteiger partial charge on any atom is -0.364 e. The minimum atomic E-state index is 0.471. The van der Waals surface area contributed by atoms with Gasteiger partial charge >= 0.3 is 0 Å². The fourth-order valence-electron chi connectivity index (χ4n) is 4.07. The summed E-state index contributed by atoms with van der Waals surface area (Å²) in [6.07, 6.45) is 11.8. The zero-order valence-electron chi connectivity index (χ0n) is 16.3. The molecule has 5 rings (SSSR count). The first-order valence-electron chi connectivity index (χ1n) is 10.3. The lowest BCUT2D eigenvalue weighted by atomic mass is 9.95. The lowest BCUT2D eigenvalue weighted by Crippen LogP contribution is -2.13. The second kappa shape index (κ2) is 7.99. The molecule has 29 heavy (non-hydrogen) atoms. The van der Waals surface area contributed by atoms with E-state index in [9.17, 15) is 0 Å². The van der Waals surface area contributed by atoms with Crippen molar-refractivity contribution in [2.24, 2.45) is 0 Å². The van der Waals surface area contributed by atoms with Gasteiger partial charge in [0.05, 0.1) is 6.33 Å². The summed E-state index contributed by atoms with van der Waals surface area (Å²) in [4.78, 5) is 18.7. The Balaban J connectivity index is 1.57. The third kappa shape index (κ3) is 3.70. The first-order valence-corrected chi connectivity index (χ1v) is 10.3. The highest BCUT2D eigenvalue weighted by Gasteiger charge is 2.21. The van der Waals surface area contributed by atoms with Crippen molar-refractivity contribution < 1.29 is 0 Å². The number of anilines is 1. The number of aromatic nitrogens is 5. The van der Waals surface area contributed by atoms with Crippen molar-refractivity contribution in [1.29, 1.82) is 0 Å². The lowest BCUT2D eigenvalue weighted by Gasteiger charge is -2.23. The molecule has 0 saturated heterocycles. The highest BCUT2D eigenvalue weighted by molar-refractivity contribution is 5.85. The highest BCUT2D eigenvalue weighted by atomic mass is 15.2. The van der Waals surface area contributed by atoms with Crippen LogP contribution in [0.5, 0.6) is 0 Å². The van der Waals surface area contributed by atoms with E-state index in [4.69, 9.17) is 15.0 Å². The second-order valence-electron chi connectivity index (χ2n) is 7.59. The molecule has 1 aromatic carbocycles. The summed E-state index contributed by atoms with van der Waals surface area (Å²) < 4.78 is 2.26. The van der Waals surface area contributed by atoms with Crippen molar-refractivity contribution in [3.63, 3.8) is 0 Å². The van der Waals surface area contributed by atoms with Crippen molar-refractivity contribution in [2.75, 3.05) is 5.32 Å². The van der Waals surface area contributed by atoms with E-state index in [-0.39, 0.29) is 0 Å². The van der Waals surface area contributed by atoms with E-state index in [1.165, 1.54) is 32.1 Å². The average molecular weight is 384 g/mol. The zero-order chi connectivity index (χ0) is 19.5. The predicted molar refractivity (Wildman–Crippen MR) is 114 cm³/mol. The quantitative estimate of drug-likeness (QED) is 0.524. The molecule has 4 aromatic rings. The summed E-state index contributed by atoms with van der Waals surface area (Å²) in [5, 5.41) is 3.46. The zero-order valence-corrected chi connectivity index (χ0v) is 16.3. The van der Waals surface area contributed by atoms with Gasteiger partial charge in [-0.15, -0.1) is 0 Å². The molecule has 0 aliphatic heterocycles. The molecule has 3 aromatic heterocycles. The standard InChI is InChI=1S/C23H24N6/c1-3-9-18(10-4-1)21-27-22(25-15-17-8-7-13-24-14-17)20-23(28-21)29(16-26-20)19-11-5-2-6-12-19/h1,3-4,7-10,13-14,16,19H,2,5-6,11-12,15H2,(H,25,27,28). The van der Waals surface area contributed by atoms with Crippen molar-refractivity contribution in [2.45, 2.75) is 44.7 Å². The van der Waals surface area contributed by atoms with E-state index >= 15 is 0 Å². The van der Waals surface area contributed by atoms with E-state index in [0.29, 0.717) is 12.6 Å². The maximum Gasteiger partial charge on any atom is 0.166 e. The summed E-state index contributed by atoms with van der Waals surface area (Å²) in [5.74, 6) is 1.50. The minimum absolute atomic E-state index is 0.471. The van der Waals surface area contributed by atoms with Crippen LogP contribution in [-0.4, -0.2) is 24.5 Å². The molecule has 1 fully saturated rings. The molecule has 1 saturated carbocycles. The van der Waals surface area contributed by atoms with Gasteiger partial charge in [-0.25, -0.2) is 15.0 Å². The van der Waals surface area contributed by atoms with Crippen LogP contribution in [0.1, 0.15) is 43.7 Å². The second-order valence-corrected chi connectivity index (χ2v) is 7.59. The monoisotopic (exact) mass is 384 g/mol. The van der Waals surface area contributed by atoms with Crippen LogP contribution < -0.4 is 5.32 Å². The van der Waals surface area contributed by atoms with Gasteiger partial charge < -0.3 is 9.88 Å². The number of hydrogen-bond donors (Lipinski definition) is 1. The van der Waals surface area contributed by atoms with Gasteiger partial charge in [0.15, 0.2) is 17.3 Å². The van der Waals surface area contributed by atoms with Crippen LogP contribution in [0.15, 0.2) is 61.2 Å². The molecule has 6 nitrogen and oxygen atoms in total. The Hall–Kier alpha value is -3.28. The van der Waals surface area contributed by atoms with Crippen LogP contribution in [-0.2, 0) is 6.54 Å². The molecular weight excluding hydrogens is 360 g/mol. The normalized spacial score (nSPS) is 14.9. The van der Waals surface area contributed by atoms with Crippen molar-refractivity contribution in [3.05, 3.63) is 66.7 Å². The third-order valence-corrected chi connectivity index (χ3v) is 5.60. The number of imidazole rings is 1. The van der Waals surface area contributed by atoms with Crippen molar-refractivity contribution >= 4 is 17.0 Å². The van der Waals surface area contributed by atoms with Crippen LogP contribution in [0, 0.1) is 0 Å². The average Bonchev–Trinajstić information content (AvgIpc) is 3.23. The SMILES string of the molecule is c1ccc(-c2nc(NCc3cccnc3)c3ncn(C4CCCCC4)c3n2)cc1. The van der Waals surface area contributed by atoms with Crippen LogP contribution in [0.4, 0.5) is 5.82 Å². The number of pyridine rings is 1. The summed E-state index contributed by atoms with van der Waals surface area (Å²) in [5.41, 5.74) is 3.86. The van der Waals surface area contributed by atoms with E-state index < -0.39 is 0 Å². The van der Waals surface area contributed by atoms with Crippen LogP contribution in [0.3, 0.4) is 0 Å². The maximum atomic E-state index is 4.93. The number of rotatable bonds is 5. The van der Waals surface area contributed by atoms with Crippen LogP contribution in [0.2, 0.25) is 0 Å². The number of benzene rings is 1. The molecule has 0 unspecified atom stereocenters. The molecule has 146 valence electrons. The molecule has 0 radical (unpaired) electrons. The maximum absolute atomic E-state index is 4.93. The van der Waals surface area contributed by atoms with Gasteiger partial charge in [-0.1, -0.05) is 55.7 Å². The number of nitrogens with zero attached hydrogens (tertiary/aromatic N) is 5. The molecule has 1 aliphatic rings. The van der Waals surface area contributed by atoms with Crippen molar-refractivity contribution in [1.82, 2.24) is 24.5 Å². The number of hydrogen-bond acceptors (Lipinski definition) is 5. The molecule has 0 atom stereocenters. The Bertz CT molecular complexity index is 1080. The smallest absolute Gasteiger partial charge is 0.166 e. The topological polar surface area (TPSA) is 68.5 Å². The van der Waals surface area contributed by atoms with Crippen molar-refractivity contribution in [3.8, 4) is 11.4 Å². The molecule has 3 heterocycles. The predicted octanol–water partition coefficient (Wildman–Crippen LogP) is 5.01. The molecule has 6 heteroatoms. The van der Waals surface area contributed by atoms with E-state index in [0.717, 1.165) is 33.9 Å². The van der Waals surface area contributed by atoms with E-state index in [1.807, 2.05) is 48.9 Å². The molecule has 1 aliphatic carbocycles. The number of fused-ring (bicyclic) bond motifs is 1. The Labute approximate surface area is 170 Å². The highest BCUT2D eigenvalue weighted by Crippen LogP contribution is 2.32. The Morgan fingerprint density at radius 3 is 2.62 bits per heavy atom. The van der Waals surface area contributed by atoms with Gasteiger partial charge in [0, 0.05) is 30.5 Å². The van der Waals surface area contributed by atoms with Gasteiger partial charge in [0.25, 0.3) is 0 Å².